The molecule has 0 spiro atoms. The molecule has 0 fully saturated rings. The van der Waals surface area contributed by atoms with Crippen LogP contribution in [0.25, 0.3) is 5.82 Å². The first-order valence-electron chi connectivity index (χ1n) is 5.48. The van der Waals surface area contributed by atoms with E-state index >= 15 is 0 Å². The number of aryl methyl sites for hydroxylation is 2. The Kier molecular flexibility index (Phi) is 2.87. The van der Waals surface area contributed by atoms with Gasteiger partial charge in [-0.2, -0.15) is 10.2 Å². The summed E-state index contributed by atoms with van der Waals surface area (Å²) in [7, 11) is 0. The van der Waals surface area contributed by atoms with E-state index in [1.807, 2.05) is 32.4 Å². The minimum Gasteiger partial charge on any atom is -0.394 e. The molecular weight excluding hydrogens is 238 g/mol. The monoisotopic (exact) mass is 253 g/mol. The fourth-order valence-corrected chi connectivity index (χ4v) is 1.81. The second-order valence-corrected chi connectivity index (χ2v) is 4.78. The van der Waals surface area contributed by atoms with Crippen LogP contribution in [0.3, 0.4) is 0 Å². The Bertz CT molecular complexity index is 533. The lowest BCUT2D eigenvalue weighted by atomic mass is 10.3. The SMILES string of the molecule is Cc1nn(-c2c(N)c(C)nn2C(C)C)cc1Cl. The van der Waals surface area contributed by atoms with E-state index in [-0.39, 0.29) is 6.04 Å². The molecule has 0 amide bonds. The van der Waals surface area contributed by atoms with Gasteiger partial charge in [0.2, 0.25) is 0 Å². The predicted octanol–water partition coefficient (Wildman–Crippen LogP) is 2.50. The molecule has 0 aliphatic carbocycles. The topological polar surface area (TPSA) is 61.7 Å². The fraction of sp³-hybridized carbons (Fsp3) is 0.455. The molecule has 5 nitrogen and oxygen atoms in total. The van der Waals surface area contributed by atoms with Gasteiger partial charge in [-0.1, -0.05) is 11.6 Å². The Labute approximate surface area is 105 Å². The Morgan fingerprint density at radius 2 is 1.88 bits per heavy atom. The van der Waals surface area contributed by atoms with Gasteiger partial charge in [0.15, 0.2) is 5.82 Å². The smallest absolute Gasteiger partial charge is 0.175 e. The summed E-state index contributed by atoms with van der Waals surface area (Å²) in [6.45, 7) is 7.84. The highest BCUT2D eigenvalue weighted by Crippen LogP contribution is 2.25. The number of anilines is 1. The van der Waals surface area contributed by atoms with E-state index in [1.165, 1.54) is 0 Å². The Balaban J connectivity index is 2.65. The van der Waals surface area contributed by atoms with Crippen molar-refractivity contribution in [3.63, 3.8) is 0 Å². The molecule has 0 saturated carbocycles. The molecule has 17 heavy (non-hydrogen) atoms. The predicted molar refractivity (Wildman–Crippen MR) is 68.6 cm³/mol. The molecule has 2 aromatic rings. The van der Waals surface area contributed by atoms with Gasteiger partial charge in [-0.05, 0) is 27.7 Å². The third-order valence-electron chi connectivity index (χ3n) is 2.65. The average molecular weight is 254 g/mol. The van der Waals surface area contributed by atoms with Crippen LogP contribution in [-0.4, -0.2) is 19.6 Å². The van der Waals surface area contributed by atoms with E-state index in [2.05, 4.69) is 10.2 Å². The Morgan fingerprint density at radius 1 is 1.24 bits per heavy atom. The third kappa shape index (κ3) is 1.91. The number of rotatable bonds is 2. The van der Waals surface area contributed by atoms with Crippen molar-refractivity contribution in [2.75, 3.05) is 5.73 Å². The van der Waals surface area contributed by atoms with Crippen molar-refractivity contribution in [2.45, 2.75) is 33.7 Å². The normalized spacial score (nSPS) is 11.4. The summed E-state index contributed by atoms with van der Waals surface area (Å²) in [6, 6.07) is 0.212. The van der Waals surface area contributed by atoms with Gasteiger partial charge in [-0.3, -0.25) is 0 Å². The fourth-order valence-electron chi connectivity index (χ4n) is 1.68. The van der Waals surface area contributed by atoms with Crippen LogP contribution in [0, 0.1) is 13.8 Å². The van der Waals surface area contributed by atoms with E-state index in [4.69, 9.17) is 17.3 Å². The molecular formula is C11H16ClN5. The van der Waals surface area contributed by atoms with Crippen LogP contribution in [-0.2, 0) is 0 Å². The molecule has 92 valence electrons. The summed E-state index contributed by atoms with van der Waals surface area (Å²) < 4.78 is 3.54. The third-order valence-corrected chi connectivity index (χ3v) is 3.02. The molecule has 0 aromatic carbocycles. The lowest BCUT2D eigenvalue weighted by Crippen LogP contribution is -2.11. The maximum Gasteiger partial charge on any atom is 0.175 e. The molecule has 2 N–H and O–H groups in total. The maximum atomic E-state index is 6.05. The second kappa shape index (κ2) is 4.07. The lowest BCUT2D eigenvalue weighted by molar-refractivity contribution is 0.512. The van der Waals surface area contributed by atoms with Crippen molar-refractivity contribution in [3.05, 3.63) is 22.6 Å². The van der Waals surface area contributed by atoms with Crippen molar-refractivity contribution >= 4 is 17.3 Å². The first kappa shape index (κ1) is 12.0. The second-order valence-electron chi connectivity index (χ2n) is 4.37. The van der Waals surface area contributed by atoms with Crippen LogP contribution in [0.1, 0.15) is 31.3 Å². The number of hydrogen-bond acceptors (Lipinski definition) is 3. The van der Waals surface area contributed by atoms with Crippen LogP contribution < -0.4 is 5.73 Å². The molecule has 6 heteroatoms. The van der Waals surface area contributed by atoms with E-state index in [0.29, 0.717) is 10.7 Å². The number of hydrogen-bond donors (Lipinski definition) is 1. The minimum atomic E-state index is 0.212. The highest BCUT2D eigenvalue weighted by atomic mass is 35.5. The summed E-state index contributed by atoms with van der Waals surface area (Å²) in [5.74, 6) is 0.771. The maximum absolute atomic E-state index is 6.05. The highest BCUT2D eigenvalue weighted by Gasteiger charge is 2.18. The zero-order valence-corrected chi connectivity index (χ0v) is 11.2. The van der Waals surface area contributed by atoms with E-state index in [1.54, 1.807) is 10.9 Å². The largest absolute Gasteiger partial charge is 0.394 e. The van der Waals surface area contributed by atoms with E-state index in [9.17, 15) is 0 Å². The van der Waals surface area contributed by atoms with Gasteiger partial charge in [0.05, 0.1) is 28.3 Å². The summed E-state index contributed by atoms with van der Waals surface area (Å²) >= 11 is 6.02. The Hall–Kier alpha value is -1.49. The first-order chi connectivity index (χ1) is 7.91. The van der Waals surface area contributed by atoms with Crippen LogP contribution in [0.4, 0.5) is 5.69 Å². The molecule has 2 aromatic heterocycles. The molecule has 0 aliphatic rings. The molecule has 0 unspecified atom stereocenters. The van der Waals surface area contributed by atoms with E-state index < -0.39 is 0 Å². The molecule has 0 aliphatic heterocycles. The number of nitrogens with two attached hydrogens (primary N) is 1. The van der Waals surface area contributed by atoms with Gasteiger partial charge in [0.25, 0.3) is 0 Å². The van der Waals surface area contributed by atoms with Crippen LogP contribution >= 0.6 is 11.6 Å². The summed E-state index contributed by atoms with van der Waals surface area (Å²) in [5, 5.41) is 9.38. The molecule has 0 radical (unpaired) electrons. The Morgan fingerprint density at radius 3 is 2.35 bits per heavy atom. The van der Waals surface area contributed by atoms with Gasteiger partial charge in [0, 0.05) is 6.04 Å². The zero-order valence-electron chi connectivity index (χ0n) is 10.4. The zero-order chi connectivity index (χ0) is 12.7. The molecule has 0 atom stereocenters. The number of nitrogens with zero attached hydrogens (tertiary/aromatic N) is 4. The van der Waals surface area contributed by atoms with Crippen molar-refractivity contribution in [3.8, 4) is 5.82 Å². The first-order valence-corrected chi connectivity index (χ1v) is 5.86. The van der Waals surface area contributed by atoms with Crippen LogP contribution in [0.15, 0.2) is 6.20 Å². The van der Waals surface area contributed by atoms with Gasteiger partial charge in [0.1, 0.15) is 0 Å². The molecule has 2 heterocycles. The molecule has 0 bridgehead atoms. The number of nitrogen functional groups attached to an aromatic ring is 1. The van der Waals surface area contributed by atoms with Crippen molar-refractivity contribution < 1.29 is 0 Å². The number of halogens is 1. The summed E-state index contributed by atoms with van der Waals surface area (Å²) in [5.41, 5.74) is 8.26. The van der Waals surface area contributed by atoms with Gasteiger partial charge in [-0.15, -0.1) is 0 Å². The lowest BCUT2D eigenvalue weighted by Gasteiger charge is -2.10. The standard InChI is InChI=1S/C11H16ClN5/c1-6(2)17-11(10(13)8(4)15-17)16-5-9(12)7(3)14-16/h5-6H,13H2,1-4H3. The van der Waals surface area contributed by atoms with Crippen LogP contribution in [0.5, 0.6) is 0 Å². The van der Waals surface area contributed by atoms with Gasteiger partial charge >= 0.3 is 0 Å². The average Bonchev–Trinajstić information content (AvgIpc) is 2.71. The molecule has 2 rings (SSSR count). The van der Waals surface area contributed by atoms with Crippen LogP contribution in [0.2, 0.25) is 5.02 Å². The summed E-state index contributed by atoms with van der Waals surface area (Å²) in [6.07, 6.45) is 1.75. The van der Waals surface area contributed by atoms with Crippen molar-refractivity contribution in [1.29, 1.82) is 0 Å². The van der Waals surface area contributed by atoms with Crippen molar-refractivity contribution in [2.24, 2.45) is 0 Å². The summed E-state index contributed by atoms with van der Waals surface area (Å²) in [4.78, 5) is 0. The van der Waals surface area contributed by atoms with E-state index in [0.717, 1.165) is 17.2 Å². The van der Waals surface area contributed by atoms with Gasteiger partial charge in [-0.25, -0.2) is 9.36 Å². The number of aromatic nitrogens is 4. The van der Waals surface area contributed by atoms with Gasteiger partial charge < -0.3 is 5.73 Å². The van der Waals surface area contributed by atoms with Crippen molar-refractivity contribution in [1.82, 2.24) is 19.6 Å². The minimum absolute atomic E-state index is 0.212. The quantitative estimate of drug-likeness (QED) is 0.895. The highest BCUT2D eigenvalue weighted by molar-refractivity contribution is 6.31. The molecule has 0 saturated heterocycles.